The highest BCUT2D eigenvalue weighted by molar-refractivity contribution is 7.20. The molecule has 1 N–H and O–H groups in total. The van der Waals surface area contributed by atoms with E-state index in [1.54, 1.807) is 76.5 Å². The number of aryl methyl sites for hydroxylation is 1. The van der Waals surface area contributed by atoms with Gasteiger partial charge in [0.05, 0.1) is 28.2 Å². The fraction of sp³-hybridized carbons (Fsp3) is 0.286. The maximum atomic E-state index is 14.0. The number of amides is 2. The number of ether oxygens (including phenoxy) is 1. The van der Waals surface area contributed by atoms with E-state index in [4.69, 9.17) is 16.3 Å². The van der Waals surface area contributed by atoms with Crippen molar-refractivity contribution in [2.75, 3.05) is 26.0 Å². The third kappa shape index (κ3) is 5.22. The summed E-state index contributed by atoms with van der Waals surface area (Å²) in [5, 5.41) is 3.53. The molecule has 0 saturated heterocycles. The average Bonchev–Trinajstić information content (AvgIpc) is 3.25. The van der Waals surface area contributed by atoms with Crippen LogP contribution in [0, 0.1) is 6.92 Å². The number of aromatic nitrogens is 2. The second kappa shape index (κ2) is 11.5. The van der Waals surface area contributed by atoms with Gasteiger partial charge in [0.1, 0.15) is 16.6 Å². The van der Waals surface area contributed by atoms with Crippen LogP contribution in [-0.2, 0) is 4.79 Å². The number of benzene rings is 2. The molecule has 4 rings (SSSR count). The maximum absolute atomic E-state index is 14.0. The Balaban J connectivity index is 1.99. The quantitative estimate of drug-likeness (QED) is 0.327. The molecule has 0 saturated carbocycles. The van der Waals surface area contributed by atoms with Crippen molar-refractivity contribution in [3.63, 3.8) is 0 Å². The molecule has 1 unspecified atom stereocenters. The largest absolute Gasteiger partial charge is 0.492 e. The number of carbonyl (C=O) groups excluding carboxylic acids is 2. The minimum atomic E-state index is -0.991. The van der Waals surface area contributed by atoms with E-state index >= 15 is 0 Å². The fourth-order valence-corrected chi connectivity index (χ4v) is 5.86. The van der Waals surface area contributed by atoms with Gasteiger partial charge in [-0.1, -0.05) is 30.7 Å². The lowest BCUT2D eigenvalue weighted by Crippen LogP contribution is -2.42. The number of nitrogens with one attached hydrogen (secondary N) is 1. The van der Waals surface area contributed by atoms with Gasteiger partial charge < -0.3 is 15.0 Å². The number of hydrogen-bond acceptors (Lipinski definition) is 6. The fourth-order valence-electron chi connectivity index (χ4n) is 4.37. The van der Waals surface area contributed by atoms with E-state index in [0.717, 1.165) is 15.9 Å². The minimum Gasteiger partial charge on any atom is -0.492 e. The van der Waals surface area contributed by atoms with E-state index in [1.165, 1.54) is 9.47 Å². The van der Waals surface area contributed by atoms with Crippen molar-refractivity contribution in [3.05, 3.63) is 84.8 Å². The molecule has 0 radical (unpaired) electrons. The molecular formula is C28H29ClN4O5S. The molecule has 0 aliphatic heterocycles. The van der Waals surface area contributed by atoms with Gasteiger partial charge in [-0.3, -0.25) is 19.0 Å². The van der Waals surface area contributed by atoms with Gasteiger partial charge in [-0.2, -0.15) is 0 Å². The zero-order valence-corrected chi connectivity index (χ0v) is 23.9. The summed E-state index contributed by atoms with van der Waals surface area (Å²) in [5.41, 5.74) is -0.0544. The third-order valence-corrected chi connectivity index (χ3v) is 7.82. The highest BCUT2D eigenvalue weighted by atomic mass is 35.5. The number of para-hydroxylation sites is 2. The molecule has 204 valence electrons. The predicted molar refractivity (Wildman–Crippen MR) is 155 cm³/mol. The van der Waals surface area contributed by atoms with Crippen LogP contribution in [0.25, 0.3) is 15.9 Å². The number of rotatable bonds is 8. The first-order valence-corrected chi connectivity index (χ1v) is 13.6. The Kier molecular flexibility index (Phi) is 8.27. The van der Waals surface area contributed by atoms with Crippen LogP contribution < -0.4 is 21.3 Å². The Morgan fingerprint density at radius 2 is 1.74 bits per heavy atom. The highest BCUT2D eigenvalue weighted by Crippen LogP contribution is 2.32. The number of nitrogens with zero attached hydrogens (tertiary/aromatic N) is 3. The lowest BCUT2D eigenvalue weighted by molar-refractivity contribution is -0.119. The van der Waals surface area contributed by atoms with Crippen molar-refractivity contribution in [2.24, 2.45) is 0 Å². The van der Waals surface area contributed by atoms with Gasteiger partial charge in [0, 0.05) is 19.1 Å². The molecule has 0 spiro atoms. The van der Waals surface area contributed by atoms with Crippen LogP contribution in [0.3, 0.4) is 0 Å². The summed E-state index contributed by atoms with van der Waals surface area (Å²) in [4.78, 5) is 56.5. The van der Waals surface area contributed by atoms with Gasteiger partial charge in [0.15, 0.2) is 0 Å². The van der Waals surface area contributed by atoms with E-state index in [0.29, 0.717) is 39.2 Å². The molecular weight excluding hydrogens is 540 g/mol. The number of fused-ring (bicyclic) bond motifs is 1. The molecule has 2 aromatic heterocycles. The van der Waals surface area contributed by atoms with Crippen molar-refractivity contribution in [2.45, 2.75) is 33.2 Å². The maximum Gasteiger partial charge on any atom is 0.337 e. The van der Waals surface area contributed by atoms with Crippen molar-refractivity contribution >= 4 is 50.7 Å². The molecule has 1 atom stereocenters. The van der Waals surface area contributed by atoms with Crippen molar-refractivity contribution in [1.29, 1.82) is 0 Å². The molecule has 9 nitrogen and oxygen atoms in total. The molecule has 0 bridgehead atoms. The molecule has 2 heterocycles. The third-order valence-electron chi connectivity index (χ3n) is 6.29. The van der Waals surface area contributed by atoms with Crippen LogP contribution >= 0.6 is 22.9 Å². The Hall–Kier alpha value is -3.89. The van der Waals surface area contributed by atoms with Gasteiger partial charge in [0.25, 0.3) is 11.5 Å². The van der Waals surface area contributed by atoms with Crippen LogP contribution in [0.5, 0.6) is 5.75 Å². The number of carbonyl (C=O) groups is 2. The van der Waals surface area contributed by atoms with Crippen LogP contribution in [0.1, 0.15) is 41.5 Å². The number of thiophene rings is 1. The average molecular weight is 569 g/mol. The zero-order chi connectivity index (χ0) is 28.4. The van der Waals surface area contributed by atoms with Gasteiger partial charge in [-0.25, -0.2) is 9.36 Å². The predicted octanol–water partition coefficient (Wildman–Crippen LogP) is 4.87. The van der Waals surface area contributed by atoms with Crippen LogP contribution in [-0.4, -0.2) is 46.6 Å². The molecule has 2 aromatic carbocycles. The van der Waals surface area contributed by atoms with Crippen molar-refractivity contribution in [1.82, 2.24) is 14.0 Å². The van der Waals surface area contributed by atoms with Crippen molar-refractivity contribution in [3.8, 4) is 11.4 Å². The topological polar surface area (TPSA) is 103 Å². The van der Waals surface area contributed by atoms with E-state index in [2.05, 4.69) is 5.32 Å². The summed E-state index contributed by atoms with van der Waals surface area (Å²) in [6.07, 6.45) is 0.240. The first-order valence-electron chi connectivity index (χ1n) is 12.4. The van der Waals surface area contributed by atoms with E-state index in [9.17, 15) is 19.2 Å². The van der Waals surface area contributed by atoms with Crippen LogP contribution in [0.2, 0.25) is 5.02 Å². The smallest absolute Gasteiger partial charge is 0.337 e. The molecule has 2 amide bonds. The molecule has 0 aliphatic carbocycles. The number of anilines is 1. The first-order chi connectivity index (χ1) is 18.6. The Labute approximate surface area is 234 Å². The number of hydrogen-bond donors (Lipinski definition) is 1. The molecule has 4 aromatic rings. The monoisotopic (exact) mass is 568 g/mol. The molecule has 0 fully saturated rings. The van der Waals surface area contributed by atoms with Gasteiger partial charge in [0.2, 0.25) is 5.91 Å². The Morgan fingerprint density at radius 1 is 1.08 bits per heavy atom. The van der Waals surface area contributed by atoms with Gasteiger partial charge >= 0.3 is 5.69 Å². The van der Waals surface area contributed by atoms with Gasteiger partial charge in [-0.15, -0.1) is 11.3 Å². The second-order valence-electron chi connectivity index (χ2n) is 9.05. The summed E-state index contributed by atoms with van der Waals surface area (Å²) >= 11 is 7.08. The summed E-state index contributed by atoms with van der Waals surface area (Å²) in [6.45, 7) is 5.71. The SMILES string of the molecule is CCOc1ccccc1NC(=O)C(CC)n1c(=O)n(-c2ccc(Cl)cc2)c(=O)c2c(C)c(C(=O)N(C)C)sc21. The summed E-state index contributed by atoms with van der Waals surface area (Å²) in [6, 6.07) is 12.3. The van der Waals surface area contributed by atoms with E-state index < -0.39 is 23.2 Å². The summed E-state index contributed by atoms with van der Waals surface area (Å²) in [5.74, 6) is -0.258. The van der Waals surface area contributed by atoms with E-state index in [-0.39, 0.29) is 22.5 Å². The first kappa shape index (κ1) is 28.1. The molecule has 39 heavy (non-hydrogen) atoms. The van der Waals surface area contributed by atoms with Crippen LogP contribution in [0.15, 0.2) is 58.1 Å². The minimum absolute atomic E-state index is 0.209. The van der Waals surface area contributed by atoms with Crippen molar-refractivity contribution < 1.29 is 14.3 Å². The Bertz CT molecular complexity index is 1670. The number of halogens is 1. The standard InChI is InChI=1S/C28H29ClN4O5S/c1-6-20(24(34)30-19-10-8-9-11-21(19)38-7-2)33-27-22(16(3)23(39-27)26(36)31(4)5)25(35)32(28(33)37)18-14-12-17(29)13-15-18/h8-15,20H,6-7H2,1-5H3,(H,30,34). The van der Waals surface area contributed by atoms with Crippen LogP contribution in [0.4, 0.5) is 5.69 Å². The lowest BCUT2D eigenvalue weighted by Gasteiger charge is -2.21. The summed E-state index contributed by atoms with van der Waals surface area (Å²) < 4.78 is 7.98. The highest BCUT2D eigenvalue weighted by Gasteiger charge is 2.30. The lowest BCUT2D eigenvalue weighted by atomic mass is 10.1. The normalized spacial score (nSPS) is 11.8. The molecule has 0 aliphatic rings. The zero-order valence-electron chi connectivity index (χ0n) is 22.3. The summed E-state index contributed by atoms with van der Waals surface area (Å²) in [7, 11) is 3.23. The second-order valence-corrected chi connectivity index (χ2v) is 10.5. The Morgan fingerprint density at radius 3 is 2.36 bits per heavy atom. The van der Waals surface area contributed by atoms with Gasteiger partial charge in [-0.05, 0) is 62.2 Å². The molecule has 11 heteroatoms. The van der Waals surface area contributed by atoms with E-state index in [1.807, 2.05) is 6.92 Å².